The molecule has 1 aromatic rings. The Bertz CT molecular complexity index is 611. The van der Waals surface area contributed by atoms with Crippen molar-refractivity contribution in [1.29, 1.82) is 0 Å². The van der Waals surface area contributed by atoms with Gasteiger partial charge >= 0.3 is 0 Å². The topological polar surface area (TPSA) is 66.4 Å². The van der Waals surface area contributed by atoms with Gasteiger partial charge in [-0.2, -0.15) is 0 Å². The van der Waals surface area contributed by atoms with Crippen LogP contribution < -0.4 is 4.90 Å². The van der Waals surface area contributed by atoms with Crippen molar-refractivity contribution in [3.63, 3.8) is 0 Å². The Balaban J connectivity index is 1.87. The zero-order valence-corrected chi connectivity index (χ0v) is 13.3. The van der Waals surface area contributed by atoms with Gasteiger partial charge in [0.05, 0.1) is 11.4 Å². The lowest BCUT2D eigenvalue weighted by Gasteiger charge is -2.21. The highest BCUT2D eigenvalue weighted by molar-refractivity contribution is 7.89. The summed E-state index contributed by atoms with van der Waals surface area (Å²) in [5, 5.41) is 0. The molecular formula is C14H22N4O2S. The van der Waals surface area contributed by atoms with Crippen LogP contribution in [0.3, 0.4) is 0 Å². The first-order valence-corrected chi connectivity index (χ1v) is 9.28. The second-order valence-electron chi connectivity index (χ2n) is 5.62. The van der Waals surface area contributed by atoms with Gasteiger partial charge in [-0.25, -0.2) is 22.7 Å². The van der Waals surface area contributed by atoms with Crippen LogP contribution in [0.5, 0.6) is 0 Å². The summed E-state index contributed by atoms with van der Waals surface area (Å²) in [5.41, 5.74) is 2.16. The van der Waals surface area contributed by atoms with E-state index in [4.69, 9.17) is 0 Å². The Hall–Kier alpha value is -1.21. The molecule has 6 nitrogen and oxygen atoms in total. The first-order chi connectivity index (χ1) is 10.1. The lowest BCUT2D eigenvalue weighted by Crippen LogP contribution is -2.34. The predicted molar refractivity (Wildman–Crippen MR) is 81.9 cm³/mol. The minimum Gasteiger partial charge on any atom is -0.356 e. The molecule has 0 saturated carbocycles. The van der Waals surface area contributed by atoms with Gasteiger partial charge in [0, 0.05) is 38.2 Å². The van der Waals surface area contributed by atoms with E-state index in [0.717, 1.165) is 30.2 Å². The highest BCUT2D eigenvalue weighted by atomic mass is 32.2. The van der Waals surface area contributed by atoms with Gasteiger partial charge in [0.15, 0.2) is 0 Å². The highest BCUT2D eigenvalue weighted by Crippen LogP contribution is 2.26. The molecule has 116 valence electrons. The number of sulfonamides is 1. The second-order valence-corrected chi connectivity index (χ2v) is 7.87. The Kier molecular flexibility index (Phi) is 4.12. The van der Waals surface area contributed by atoms with E-state index in [-0.39, 0.29) is 5.75 Å². The van der Waals surface area contributed by atoms with Gasteiger partial charge in [-0.15, -0.1) is 0 Å². The number of aromatic nitrogens is 2. The van der Waals surface area contributed by atoms with Gasteiger partial charge in [-0.1, -0.05) is 0 Å². The Morgan fingerprint density at radius 3 is 2.52 bits per heavy atom. The van der Waals surface area contributed by atoms with Crippen LogP contribution in [0, 0.1) is 0 Å². The molecule has 1 saturated heterocycles. The van der Waals surface area contributed by atoms with Crippen molar-refractivity contribution in [2.24, 2.45) is 0 Å². The van der Waals surface area contributed by atoms with Crippen molar-refractivity contribution in [3.05, 3.63) is 17.6 Å². The summed E-state index contributed by atoms with van der Waals surface area (Å²) < 4.78 is 25.8. The summed E-state index contributed by atoms with van der Waals surface area (Å²) >= 11 is 0. The number of hydrogen-bond donors (Lipinski definition) is 0. The highest BCUT2D eigenvalue weighted by Gasteiger charge is 2.27. The summed E-state index contributed by atoms with van der Waals surface area (Å²) in [6.07, 6.45) is 5.42. The zero-order valence-electron chi connectivity index (χ0n) is 12.5. The average Bonchev–Trinajstić information content (AvgIpc) is 2.92. The normalized spacial score (nSPS) is 20.3. The molecule has 7 heteroatoms. The Labute approximate surface area is 126 Å². The van der Waals surface area contributed by atoms with Crippen LogP contribution >= 0.6 is 0 Å². The quantitative estimate of drug-likeness (QED) is 0.827. The molecule has 0 aliphatic carbocycles. The van der Waals surface area contributed by atoms with Crippen LogP contribution in [0.15, 0.2) is 6.33 Å². The maximum atomic E-state index is 12.1. The molecule has 0 atom stereocenters. The number of hydrogen-bond acceptors (Lipinski definition) is 5. The largest absolute Gasteiger partial charge is 0.356 e. The molecule has 0 spiro atoms. The van der Waals surface area contributed by atoms with Crippen molar-refractivity contribution in [3.8, 4) is 0 Å². The average molecular weight is 310 g/mol. The van der Waals surface area contributed by atoms with E-state index < -0.39 is 10.0 Å². The SMILES string of the molecule is CCS(=O)(=O)N1CCc2ncnc(N3CCCC3)c2CC1. The van der Waals surface area contributed by atoms with Gasteiger partial charge < -0.3 is 4.90 Å². The van der Waals surface area contributed by atoms with E-state index in [9.17, 15) is 8.42 Å². The number of rotatable bonds is 3. The van der Waals surface area contributed by atoms with Gasteiger partial charge in [0.25, 0.3) is 0 Å². The van der Waals surface area contributed by atoms with E-state index in [1.54, 1.807) is 17.6 Å². The molecule has 2 aliphatic heterocycles. The maximum Gasteiger partial charge on any atom is 0.213 e. The molecule has 0 amide bonds. The predicted octanol–water partition coefficient (Wildman–Crippen LogP) is 0.827. The summed E-state index contributed by atoms with van der Waals surface area (Å²) in [5.74, 6) is 1.18. The molecule has 21 heavy (non-hydrogen) atoms. The molecule has 2 aliphatic rings. The molecular weight excluding hydrogens is 288 g/mol. The third-order valence-electron chi connectivity index (χ3n) is 4.38. The molecule has 0 unspecified atom stereocenters. The van der Waals surface area contributed by atoms with Crippen LogP contribution in [0.4, 0.5) is 5.82 Å². The zero-order chi connectivity index (χ0) is 14.9. The summed E-state index contributed by atoms with van der Waals surface area (Å²) in [7, 11) is -3.12. The smallest absolute Gasteiger partial charge is 0.213 e. The fourth-order valence-corrected chi connectivity index (χ4v) is 4.25. The fraction of sp³-hybridized carbons (Fsp3) is 0.714. The van der Waals surface area contributed by atoms with Gasteiger partial charge in [0.1, 0.15) is 12.1 Å². The number of nitrogens with zero attached hydrogens (tertiary/aromatic N) is 4. The summed E-state index contributed by atoms with van der Waals surface area (Å²) in [6, 6.07) is 0. The third kappa shape index (κ3) is 2.89. The Morgan fingerprint density at radius 1 is 1.10 bits per heavy atom. The van der Waals surface area contributed by atoms with Crippen LogP contribution in [0.1, 0.15) is 31.0 Å². The summed E-state index contributed by atoms with van der Waals surface area (Å²) in [4.78, 5) is 11.2. The van der Waals surface area contributed by atoms with Gasteiger partial charge in [0.2, 0.25) is 10.0 Å². The first-order valence-electron chi connectivity index (χ1n) is 7.67. The number of anilines is 1. The lowest BCUT2D eigenvalue weighted by molar-refractivity contribution is 0.427. The Morgan fingerprint density at radius 2 is 1.81 bits per heavy atom. The van der Waals surface area contributed by atoms with E-state index >= 15 is 0 Å². The second kappa shape index (κ2) is 5.88. The molecule has 0 N–H and O–H groups in total. The fourth-order valence-electron chi connectivity index (χ4n) is 3.15. The summed E-state index contributed by atoms with van der Waals surface area (Å²) in [6.45, 7) is 4.85. The van der Waals surface area contributed by atoms with Gasteiger partial charge in [-0.05, 0) is 26.2 Å². The van der Waals surface area contributed by atoms with Gasteiger partial charge in [-0.3, -0.25) is 0 Å². The third-order valence-corrected chi connectivity index (χ3v) is 6.27. The lowest BCUT2D eigenvalue weighted by atomic mass is 10.1. The van der Waals surface area contributed by atoms with E-state index in [1.165, 1.54) is 12.8 Å². The molecule has 0 bridgehead atoms. The molecule has 1 aromatic heterocycles. The molecule has 0 aromatic carbocycles. The van der Waals surface area contributed by atoms with Crippen molar-refractivity contribution < 1.29 is 8.42 Å². The first kappa shape index (κ1) is 14.7. The van der Waals surface area contributed by atoms with Crippen molar-refractivity contribution in [1.82, 2.24) is 14.3 Å². The number of fused-ring (bicyclic) bond motifs is 1. The maximum absolute atomic E-state index is 12.1. The van der Waals surface area contributed by atoms with E-state index in [2.05, 4.69) is 14.9 Å². The van der Waals surface area contributed by atoms with Crippen LogP contribution in [-0.2, 0) is 22.9 Å². The van der Waals surface area contributed by atoms with E-state index in [1.807, 2.05) is 0 Å². The van der Waals surface area contributed by atoms with Crippen molar-refractivity contribution in [2.45, 2.75) is 32.6 Å². The van der Waals surface area contributed by atoms with Crippen LogP contribution in [0.25, 0.3) is 0 Å². The van der Waals surface area contributed by atoms with Crippen LogP contribution in [-0.4, -0.2) is 54.6 Å². The minimum absolute atomic E-state index is 0.161. The monoisotopic (exact) mass is 310 g/mol. The standard InChI is InChI=1S/C14H22N4O2S/c1-2-21(19,20)18-9-5-12-13(6-10-18)15-11-16-14(12)17-7-3-4-8-17/h11H,2-10H2,1H3. The van der Waals surface area contributed by atoms with Crippen molar-refractivity contribution >= 4 is 15.8 Å². The van der Waals surface area contributed by atoms with Crippen LogP contribution in [0.2, 0.25) is 0 Å². The minimum atomic E-state index is -3.12. The molecule has 3 heterocycles. The molecule has 0 radical (unpaired) electrons. The van der Waals surface area contributed by atoms with E-state index in [0.29, 0.717) is 25.9 Å². The van der Waals surface area contributed by atoms with Crippen molar-refractivity contribution in [2.75, 3.05) is 36.8 Å². The molecule has 1 fully saturated rings. The molecule has 3 rings (SSSR count).